The molecule has 2 fully saturated rings. The minimum atomic E-state index is -0.167. The highest BCUT2D eigenvalue weighted by molar-refractivity contribution is 14.1. The van der Waals surface area contributed by atoms with Crippen LogP contribution in [0.2, 0.25) is 5.02 Å². The first-order chi connectivity index (χ1) is 10.1. The molecule has 0 radical (unpaired) electrons. The molecule has 4 aliphatic rings. The van der Waals surface area contributed by atoms with E-state index < -0.39 is 0 Å². The summed E-state index contributed by atoms with van der Waals surface area (Å²) in [5.74, 6) is 0.00259. The summed E-state index contributed by atoms with van der Waals surface area (Å²) in [6.45, 7) is 0. The molecule has 3 aliphatic carbocycles. The van der Waals surface area contributed by atoms with E-state index in [0.29, 0.717) is 10.7 Å². The van der Waals surface area contributed by atoms with Crippen LogP contribution >= 0.6 is 34.2 Å². The van der Waals surface area contributed by atoms with Gasteiger partial charge in [-0.05, 0) is 65.5 Å². The van der Waals surface area contributed by atoms with E-state index in [1.54, 1.807) is 12.1 Å². The molecule has 1 aromatic rings. The molecule has 1 aromatic carbocycles. The minimum absolute atomic E-state index is 0.0543. The van der Waals surface area contributed by atoms with Gasteiger partial charge in [0, 0.05) is 3.57 Å². The second-order valence-electron chi connectivity index (χ2n) is 5.95. The number of rotatable bonds is 1. The number of imide groups is 1. The molecule has 21 heavy (non-hydrogen) atoms. The topological polar surface area (TPSA) is 37.4 Å². The van der Waals surface area contributed by atoms with Gasteiger partial charge >= 0.3 is 0 Å². The van der Waals surface area contributed by atoms with Gasteiger partial charge in [0.25, 0.3) is 0 Å². The van der Waals surface area contributed by atoms with Gasteiger partial charge in [0.15, 0.2) is 0 Å². The molecule has 2 amide bonds. The van der Waals surface area contributed by atoms with Crippen LogP contribution in [-0.4, -0.2) is 11.8 Å². The second-order valence-corrected chi connectivity index (χ2v) is 7.52. The Balaban J connectivity index is 1.76. The summed E-state index contributed by atoms with van der Waals surface area (Å²) >= 11 is 8.27. The molecule has 0 N–H and O–H groups in total. The van der Waals surface area contributed by atoms with Crippen molar-refractivity contribution in [1.82, 2.24) is 0 Å². The van der Waals surface area contributed by atoms with Crippen LogP contribution in [0, 0.1) is 27.2 Å². The number of hydrogen-bond donors (Lipinski definition) is 0. The van der Waals surface area contributed by atoms with Gasteiger partial charge in [-0.15, -0.1) is 0 Å². The van der Waals surface area contributed by atoms with Crippen molar-refractivity contribution in [1.29, 1.82) is 0 Å². The average molecular weight is 414 g/mol. The summed E-state index contributed by atoms with van der Waals surface area (Å²) in [5.41, 5.74) is 0.601. The maximum atomic E-state index is 12.8. The molecule has 1 aliphatic heterocycles. The van der Waals surface area contributed by atoms with Gasteiger partial charge in [0.1, 0.15) is 0 Å². The number of allylic oxidation sites excluding steroid dienone is 2. The molecule has 5 rings (SSSR count). The van der Waals surface area contributed by atoms with Crippen molar-refractivity contribution in [3.8, 4) is 0 Å². The van der Waals surface area contributed by atoms with Crippen LogP contribution in [0.25, 0.3) is 0 Å². The van der Waals surface area contributed by atoms with Crippen LogP contribution in [0.15, 0.2) is 30.4 Å². The zero-order chi connectivity index (χ0) is 14.7. The third-order valence-corrected chi connectivity index (χ3v) is 6.49. The Morgan fingerprint density at radius 1 is 1.05 bits per heavy atom. The first kappa shape index (κ1) is 13.8. The van der Waals surface area contributed by atoms with E-state index in [-0.39, 0.29) is 35.5 Å². The van der Waals surface area contributed by atoms with Crippen molar-refractivity contribution in [2.75, 3.05) is 4.90 Å². The van der Waals surface area contributed by atoms with Gasteiger partial charge in [-0.25, -0.2) is 4.90 Å². The van der Waals surface area contributed by atoms with Gasteiger partial charge in [0.05, 0.1) is 22.5 Å². The Bertz CT molecular complexity index is 655. The molecule has 1 saturated heterocycles. The third kappa shape index (κ3) is 1.91. The zero-order valence-electron chi connectivity index (χ0n) is 11.1. The highest BCUT2D eigenvalue weighted by Crippen LogP contribution is 2.50. The standard InChI is InChI=1S/C16H13ClINO2/c17-11-7-10(5-6-12(11)18)19-15(20)13-8-1-2-9(4-3-8)14(13)16(19)21/h1-2,5-9,13-14H,3-4H2. The number of amides is 2. The number of carbonyl (C=O) groups is 2. The van der Waals surface area contributed by atoms with E-state index in [1.165, 1.54) is 4.90 Å². The van der Waals surface area contributed by atoms with E-state index in [4.69, 9.17) is 11.6 Å². The van der Waals surface area contributed by atoms with Crippen LogP contribution in [0.3, 0.4) is 0 Å². The first-order valence-corrected chi connectivity index (χ1v) is 8.55. The Kier molecular flexibility index (Phi) is 3.15. The van der Waals surface area contributed by atoms with E-state index in [0.717, 1.165) is 16.4 Å². The number of carbonyl (C=O) groups excluding carboxylic acids is 2. The maximum Gasteiger partial charge on any atom is 0.238 e. The Morgan fingerprint density at radius 2 is 1.62 bits per heavy atom. The third-order valence-electron chi connectivity index (χ3n) is 4.92. The molecule has 1 heterocycles. The first-order valence-electron chi connectivity index (χ1n) is 7.09. The lowest BCUT2D eigenvalue weighted by atomic mass is 9.63. The predicted octanol–water partition coefficient (Wildman–Crippen LogP) is 3.65. The van der Waals surface area contributed by atoms with Gasteiger partial charge in [-0.1, -0.05) is 23.8 Å². The number of halogens is 2. The Labute approximate surface area is 141 Å². The van der Waals surface area contributed by atoms with Crippen molar-refractivity contribution in [3.63, 3.8) is 0 Å². The monoisotopic (exact) mass is 413 g/mol. The quantitative estimate of drug-likeness (QED) is 0.400. The van der Waals surface area contributed by atoms with Crippen LogP contribution in [0.1, 0.15) is 12.8 Å². The molecule has 2 bridgehead atoms. The van der Waals surface area contributed by atoms with Crippen molar-refractivity contribution < 1.29 is 9.59 Å². The van der Waals surface area contributed by atoms with Gasteiger partial charge in [-0.2, -0.15) is 0 Å². The maximum absolute atomic E-state index is 12.8. The molecule has 1 saturated carbocycles. The van der Waals surface area contributed by atoms with E-state index >= 15 is 0 Å². The molecule has 4 atom stereocenters. The number of fused-ring (bicyclic) bond motifs is 1. The molecule has 3 nitrogen and oxygen atoms in total. The van der Waals surface area contributed by atoms with E-state index in [2.05, 4.69) is 34.7 Å². The molecule has 0 spiro atoms. The normalized spacial score (nSPS) is 33.7. The van der Waals surface area contributed by atoms with Crippen molar-refractivity contribution in [2.24, 2.45) is 23.7 Å². The van der Waals surface area contributed by atoms with E-state index in [9.17, 15) is 9.59 Å². The minimum Gasteiger partial charge on any atom is -0.274 e. The summed E-state index contributed by atoms with van der Waals surface area (Å²) in [6, 6.07) is 5.36. The van der Waals surface area contributed by atoms with Crippen molar-refractivity contribution >= 4 is 51.7 Å². The van der Waals surface area contributed by atoms with E-state index in [1.807, 2.05) is 6.07 Å². The summed E-state index contributed by atoms with van der Waals surface area (Å²) in [7, 11) is 0. The lowest BCUT2D eigenvalue weighted by Crippen LogP contribution is -2.38. The zero-order valence-corrected chi connectivity index (χ0v) is 14.0. The number of hydrogen-bond acceptors (Lipinski definition) is 2. The second kappa shape index (κ2) is 4.81. The molecule has 4 unspecified atom stereocenters. The van der Waals surface area contributed by atoms with Gasteiger partial charge in [-0.3, -0.25) is 9.59 Å². The lowest BCUT2D eigenvalue weighted by Gasteiger charge is -2.38. The van der Waals surface area contributed by atoms with Crippen molar-refractivity contribution in [3.05, 3.63) is 38.9 Å². The van der Waals surface area contributed by atoms with Crippen LogP contribution in [-0.2, 0) is 9.59 Å². The lowest BCUT2D eigenvalue weighted by molar-refractivity contribution is -0.124. The summed E-state index contributed by atoms with van der Waals surface area (Å²) < 4.78 is 0.913. The summed E-state index contributed by atoms with van der Waals surface area (Å²) in [6.07, 6.45) is 6.29. The summed E-state index contributed by atoms with van der Waals surface area (Å²) in [5, 5.41) is 0.574. The Hall–Kier alpha value is -0.880. The fraction of sp³-hybridized carbons (Fsp3) is 0.375. The van der Waals surface area contributed by atoms with Crippen molar-refractivity contribution in [2.45, 2.75) is 12.8 Å². The van der Waals surface area contributed by atoms with Crippen LogP contribution in [0.5, 0.6) is 0 Å². The molecular formula is C16H13ClINO2. The number of nitrogens with zero attached hydrogens (tertiary/aromatic N) is 1. The van der Waals surface area contributed by atoms with Crippen LogP contribution < -0.4 is 4.90 Å². The predicted molar refractivity (Wildman–Crippen MR) is 89.0 cm³/mol. The highest BCUT2D eigenvalue weighted by Gasteiger charge is 2.56. The highest BCUT2D eigenvalue weighted by atomic mass is 127. The largest absolute Gasteiger partial charge is 0.274 e. The molecule has 0 aromatic heterocycles. The summed E-state index contributed by atoms with van der Waals surface area (Å²) in [4.78, 5) is 26.9. The molecule has 5 heteroatoms. The fourth-order valence-electron chi connectivity index (χ4n) is 3.95. The smallest absolute Gasteiger partial charge is 0.238 e. The SMILES string of the molecule is O=C1C2C3C=CC(CC3)C2C(=O)N1c1ccc(I)c(Cl)c1. The van der Waals surface area contributed by atoms with Gasteiger partial charge in [0.2, 0.25) is 11.8 Å². The van der Waals surface area contributed by atoms with Crippen LogP contribution in [0.4, 0.5) is 5.69 Å². The van der Waals surface area contributed by atoms with Gasteiger partial charge < -0.3 is 0 Å². The molecular weight excluding hydrogens is 401 g/mol. The Morgan fingerprint density at radius 3 is 2.10 bits per heavy atom. The average Bonchev–Trinajstić information content (AvgIpc) is 2.78. The fourth-order valence-corrected chi connectivity index (χ4v) is 4.46. The molecule has 108 valence electrons. The number of anilines is 1. The number of benzene rings is 1.